The lowest BCUT2D eigenvalue weighted by Gasteiger charge is -2.07. The first-order valence-electron chi connectivity index (χ1n) is 4.55. The van der Waals surface area contributed by atoms with Gasteiger partial charge in [-0.1, -0.05) is 0 Å². The summed E-state index contributed by atoms with van der Waals surface area (Å²) in [6, 6.07) is 5.58. The van der Waals surface area contributed by atoms with Gasteiger partial charge in [-0.25, -0.2) is 9.79 Å². The van der Waals surface area contributed by atoms with Crippen LogP contribution in [0.25, 0.3) is 0 Å². The minimum Gasteiger partial charge on any atom is -0.497 e. The van der Waals surface area contributed by atoms with E-state index in [9.17, 15) is 4.79 Å². The largest absolute Gasteiger partial charge is 0.497 e. The monoisotopic (exact) mass is 207 g/mol. The lowest BCUT2D eigenvalue weighted by Crippen LogP contribution is -1.93. The second-order valence-corrected chi connectivity index (χ2v) is 2.94. The number of hydrogen-bond donors (Lipinski definition) is 0. The summed E-state index contributed by atoms with van der Waals surface area (Å²) in [6.45, 7) is 0.430. The minimum atomic E-state index is 0.430. The zero-order valence-corrected chi connectivity index (χ0v) is 8.82. The Kier molecular flexibility index (Phi) is 4.38. The molecule has 0 saturated carbocycles. The third kappa shape index (κ3) is 3.44. The van der Waals surface area contributed by atoms with Gasteiger partial charge in [-0.2, -0.15) is 0 Å². The zero-order chi connectivity index (χ0) is 11.1. The van der Waals surface area contributed by atoms with Crippen LogP contribution in [0.3, 0.4) is 0 Å². The average Bonchev–Trinajstić information content (AvgIpc) is 2.29. The average molecular weight is 207 g/mol. The fourth-order valence-electron chi connectivity index (χ4n) is 1.24. The van der Waals surface area contributed by atoms with Crippen molar-refractivity contribution in [1.82, 2.24) is 0 Å². The van der Waals surface area contributed by atoms with Gasteiger partial charge in [0.1, 0.15) is 11.5 Å². The van der Waals surface area contributed by atoms with Crippen molar-refractivity contribution in [1.29, 1.82) is 0 Å². The lowest BCUT2D eigenvalue weighted by atomic mass is 10.1. The van der Waals surface area contributed by atoms with Crippen molar-refractivity contribution in [3.63, 3.8) is 0 Å². The molecule has 0 unspecified atom stereocenters. The number of rotatable bonds is 5. The maximum atomic E-state index is 9.90. The van der Waals surface area contributed by atoms with Crippen LogP contribution in [0.4, 0.5) is 0 Å². The highest BCUT2D eigenvalue weighted by Crippen LogP contribution is 2.22. The van der Waals surface area contributed by atoms with Crippen molar-refractivity contribution in [3.05, 3.63) is 23.8 Å². The standard InChI is InChI=1S/C11H13NO3/c1-14-10-5-9(3-4-12-8-13)6-11(7-10)15-2/h5-7H,3-4H2,1-2H3. The highest BCUT2D eigenvalue weighted by atomic mass is 16.5. The van der Waals surface area contributed by atoms with E-state index in [0.29, 0.717) is 13.0 Å². The van der Waals surface area contributed by atoms with Gasteiger partial charge in [0.25, 0.3) is 0 Å². The summed E-state index contributed by atoms with van der Waals surface area (Å²) in [7, 11) is 3.20. The summed E-state index contributed by atoms with van der Waals surface area (Å²) in [4.78, 5) is 13.4. The van der Waals surface area contributed by atoms with Crippen LogP contribution in [0.2, 0.25) is 0 Å². The van der Waals surface area contributed by atoms with Crippen molar-refractivity contribution in [2.24, 2.45) is 4.99 Å². The molecule has 0 N–H and O–H groups in total. The molecular formula is C11H13NO3. The molecule has 0 aliphatic heterocycles. The van der Waals surface area contributed by atoms with Crippen LogP contribution in [-0.2, 0) is 11.2 Å². The highest BCUT2D eigenvalue weighted by molar-refractivity contribution is 5.39. The van der Waals surface area contributed by atoms with E-state index in [2.05, 4.69) is 4.99 Å². The molecule has 0 atom stereocenters. The number of aliphatic imine (C=N–C) groups is 1. The van der Waals surface area contributed by atoms with Gasteiger partial charge in [0.05, 0.1) is 20.8 Å². The first-order chi connectivity index (χ1) is 7.30. The zero-order valence-electron chi connectivity index (χ0n) is 8.82. The predicted molar refractivity (Wildman–Crippen MR) is 56.2 cm³/mol. The minimum absolute atomic E-state index is 0.430. The van der Waals surface area contributed by atoms with E-state index < -0.39 is 0 Å². The molecule has 0 spiro atoms. The van der Waals surface area contributed by atoms with Crippen LogP contribution in [0.15, 0.2) is 23.2 Å². The number of benzene rings is 1. The molecule has 0 aliphatic carbocycles. The molecule has 0 fully saturated rings. The maximum absolute atomic E-state index is 9.90. The van der Waals surface area contributed by atoms with Crippen molar-refractivity contribution in [2.45, 2.75) is 6.42 Å². The first kappa shape index (κ1) is 11.3. The van der Waals surface area contributed by atoms with E-state index in [4.69, 9.17) is 9.47 Å². The second-order valence-electron chi connectivity index (χ2n) is 2.94. The lowest BCUT2D eigenvalue weighted by molar-refractivity contribution is 0.393. The van der Waals surface area contributed by atoms with Crippen molar-refractivity contribution >= 4 is 6.08 Å². The van der Waals surface area contributed by atoms with Gasteiger partial charge in [-0.3, -0.25) is 0 Å². The van der Waals surface area contributed by atoms with Crippen LogP contribution in [0.5, 0.6) is 11.5 Å². The Labute approximate surface area is 88.5 Å². The van der Waals surface area contributed by atoms with E-state index in [-0.39, 0.29) is 0 Å². The smallest absolute Gasteiger partial charge is 0.234 e. The Morgan fingerprint density at radius 1 is 1.20 bits per heavy atom. The van der Waals surface area contributed by atoms with E-state index in [1.165, 1.54) is 6.08 Å². The van der Waals surface area contributed by atoms with Crippen LogP contribution in [0, 0.1) is 0 Å². The third-order valence-corrected chi connectivity index (χ3v) is 1.99. The Morgan fingerprint density at radius 2 is 1.80 bits per heavy atom. The SMILES string of the molecule is COc1cc(CCN=C=O)cc(OC)c1. The molecule has 0 radical (unpaired) electrons. The molecular weight excluding hydrogens is 194 g/mol. The number of nitrogens with zero attached hydrogens (tertiary/aromatic N) is 1. The van der Waals surface area contributed by atoms with Gasteiger partial charge in [0.2, 0.25) is 6.08 Å². The van der Waals surface area contributed by atoms with Gasteiger partial charge in [0, 0.05) is 6.07 Å². The fourth-order valence-corrected chi connectivity index (χ4v) is 1.24. The van der Waals surface area contributed by atoms with Crippen LogP contribution >= 0.6 is 0 Å². The van der Waals surface area contributed by atoms with E-state index in [0.717, 1.165) is 17.1 Å². The molecule has 0 amide bonds. The molecule has 1 aromatic rings. The van der Waals surface area contributed by atoms with Crippen molar-refractivity contribution in [2.75, 3.05) is 20.8 Å². The Morgan fingerprint density at radius 3 is 2.27 bits per heavy atom. The number of isocyanates is 1. The number of methoxy groups -OCH3 is 2. The molecule has 4 nitrogen and oxygen atoms in total. The van der Waals surface area contributed by atoms with Crippen LogP contribution in [-0.4, -0.2) is 26.8 Å². The Balaban J connectivity index is 2.81. The summed E-state index contributed by atoms with van der Waals surface area (Å²) in [5, 5.41) is 0. The van der Waals surface area contributed by atoms with Gasteiger partial charge < -0.3 is 9.47 Å². The summed E-state index contributed by atoms with van der Waals surface area (Å²) in [5.41, 5.74) is 1.02. The number of hydrogen-bond acceptors (Lipinski definition) is 4. The van der Waals surface area contributed by atoms with Crippen LogP contribution < -0.4 is 9.47 Å². The molecule has 0 aliphatic rings. The summed E-state index contributed by atoms with van der Waals surface area (Å²) < 4.78 is 10.2. The molecule has 1 aromatic carbocycles. The molecule has 80 valence electrons. The van der Waals surface area contributed by atoms with Crippen LogP contribution in [0.1, 0.15) is 5.56 Å². The summed E-state index contributed by atoms with van der Waals surface area (Å²) in [5.74, 6) is 1.47. The quantitative estimate of drug-likeness (QED) is 0.544. The van der Waals surface area contributed by atoms with E-state index in [1.54, 1.807) is 20.3 Å². The van der Waals surface area contributed by atoms with E-state index >= 15 is 0 Å². The number of carbonyl (C=O) groups excluding carboxylic acids is 1. The molecule has 0 aromatic heterocycles. The third-order valence-electron chi connectivity index (χ3n) is 1.99. The van der Waals surface area contributed by atoms with Gasteiger partial charge >= 0.3 is 0 Å². The molecule has 0 bridgehead atoms. The molecule has 4 heteroatoms. The molecule has 0 saturated heterocycles. The Hall–Kier alpha value is -1.80. The molecule has 0 heterocycles. The summed E-state index contributed by atoms with van der Waals surface area (Å²) >= 11 is 0. The van der Waals surface area contributed by atoms with Crippen molar-refractivity contribution in [3.8, 4) is 11.5 Å². The van der Waals surface area contributed by atoms with Crippen molar-refractivity contribution < 1.29 is 14.3 Å². The maximum Gasteiger partial charge on any atom is 0.234 e. The highest BCUT2D eigenvalue weighted by Gasteiger charge is 2.01. The topological polar surface area (TPSA) is 47.9 Å². The predicted octanol–water partition coefficient (Wildman–Crippen LogP) is 1.58. The molecule has 1 rings (SSSR count). The normalized spacial score (nSPS) is 9.20. The van der Waals surface area contributed by atoms with Gasteiger partial charge in [-0.05, 0) is 24.1 Å². The fraction of sp³-hybridized carbons (Fsp3) is 0.364. The van der Waals surface area contributed by atoms with Gasteiger partial charge in [-0.15, -0.1) is 0 Å². The van der Waals surface area contributed by atoms with Gasteiger partial charge in [0.15, 0.2) is 0 Å². The first-order valence-corrected chi connectivity index (χ1v) is 4.55. The molecule has 15 heavy (non-hydrogen) atoms. The Bertz CT molecular complexity index is 348. The second kappa shape index (κ2) is 5.83. The number of ether oxygens (including phenoxy) is 2. The van der Waals surface area contributed by atoms with E-state index in [1.807, 2.05) is 12.1 Å². The summed E-state index contributed by atoms with van der Waals surface area (Å²) in [6.07, 6.45) is 2.18.